The SMILES string of the molecule is CCn1nc(C)c(C(C)NCC2CCCCC2O)c1C. The van der Waals surface area contributed by atoms with Crippen LogP contribution in [0.5, 0.6) is 0 Å². The lowest BCUT2D eigenvalue weighted by Crippen LogP contribution is -2.35. The van der Waals surface area contributed by atoms with Crippen molar-refractivity contribution in [3.8, 4) is 0 Å². The Labute approximate surface area is 122 Å². The van der Waals surface area contributed by atoms with E-state index in [9.17, 15) is 5.11 Å². The molecular formula is C16H29N3O. The first kappa shape index (κ1) is 15.5. The maximum atomic E-state index is 10.0. The summed E-state index contributed by atoms with van der Waals surface area (Å²) in [4.78, 5) is 0. The molecule has 4 heteroatoms. The van der Waals surface area contributed by atoms with Crippen LogP contribution in [0.3, 0.4) is 0 Å². The Morgan fingerprint density at radius 1 is 1.35 bits per heavy atom. The van der Waals surface area contributed by atoms with Crippen molar-refractivity contribution in [3.63, 3.8) is 0 Å². The average Bonchev–Trinajstić information content (AvgIpc) is 2.72. The molecule has 0 amide bonds. The summed E-state index contributed by atoms with van der Waals surface area (Å²) in [6.07, 6.45) is 4.42. The molecule has 20 heavy (non-hydrogen) atoms. The minimum absolute atomic E-state index is 0.121. The Morgan fingerprint density at radius 3 is 2.65 bits per heavy atom. The Bertz CT molecular complexity index is 441. The Balaban J connectivity index is 1.98. The molecule has 1 aliphatic carbocycles. The summed E-state index contributed by atoms with van der Waals surface area (Å²) < 4.78 is 2.07. The maximum Gasteiger partial charge on any atom is 0.0644 e. The predicted molar refractivity (Wildman–Crippen MR) is 81.8 cm³/mol. The Morgan fingerprint density at radius 2 is 2.05 bits per heavy atom. The third kappa shape index (κ3) is 3.23. The maximum absolute atomic E-state index is 10.0. The van der Waals surface area contributed by atoms with Crippen molar-refractivity contribution in [2.75, 3.05) is 6.54 Å². The van der Waals surface area contributed by atoms with E-state index in [1.165, 1.54) is 24.1 Å². The number of nitrogens with zero attached hydrogens (tertiary/aromatic N) is 2. The number of aryl methyl sites for hydroxylation is 2. The van der Waals surface area contributed by atoms with Crippen molar-refractivity contribution in [2.24, 2.45) is 5.92 Å². The zero-order valence-corrected chi connectivity index (χ0v) is 13.3. The summed E-state index contributed by atoms with van der Waals surface area (Å²) in [5.41, 5.74) is 3.69. The highest BCUT2D eigenvalue weighted by Crippen LogP contribution is 2.26. The van der Waals surface area contributed by atoms with Gasteiger partial charge < -0.3 is 10.4 Å². The fraction of sp³-hybridized carbons (Fsp3) is 0.812. The molecule has 114 valence electrons. The van der Waals surface area contributed by atoms with Crippen molar-refractivity contribution in [2.45, 2.75) is 72.1 Å². The topological polar surface area (TPSA) is 50.1 Å². The second-order valence-corrected chi connectivity index (χ2v) is 6.14. The van der Waals surface area contributed by atoms with Gasteiger partial charge in [0.1, 0.15) is 0 Å². The Kier molecular flexibility index (Phi) is 5.22. The first-order valence-corrected chi connectivity index (χ1v) is 8.00. The number of rotatable bonds is 5. The van der Waals surface area contributed by atoms with E-state index in [0.717, 1.165) is 31.6 Å². The monoisotopic (exact) mass is 279 g/mol. The van der Waals surface area contributed by atoms with E-state index in [-0.39, 0.29) is 6.10 Å². The molecule has 0 bridgehead atoms. The molecule has 1 fully saturated rings. The van der Waals surface area contributed by atoms with Gasteiger partial charge in [0.15, 0.2) is 0 Å². The van der Waals surface area contributed by atoms with Crippen molar-refractivity contribution in [3.05, 3.63) is 17.0 Å². The zero-order chi connectivity index (χ0) is 14.7. The van der Waals surface area contributed by atoms with Gasteiger partial charge in [-0.1, -0.05) is 12.8 Å². The molecular weight excluding hydrogens is 250 g/mol. The van der Waals surface area contributed by atoms with Crippen LogP contribution in [0.4, 0.5) is 0 Å². The fourth-order valence-corrected chi connectivity index (χ4v) is 3.50. The van der Waals surface area contributed by atoms with Gasteiger partial charge in [0, 0.05) is 30.4 Å². The van der Waals surface area contributed by atoms with Crippen molar-refractivity contribution in [1.82, 2.24) is 15.1 Å². The lowest BCUT2D eigenvalue weighted by atomic mass is 9.86. The van der Waals surface area contributed by atoms with Gasteiger partial charge in [-0.05, 0) is 46.5 Å². The van der Waals surface area contributed by atoms with Crippen LogP contribution in [0.25, 0.3) is 0 Å². The number of aliphatic hydroxyl groups excluding tert-OH is 1. The third-order valence-electron chi connectivity index (χ3n) is 4.73. The second-order valence-electron chi connectivity index (χ2n) is 6.14. The van der Waals surface area contributed by atoms with Crippen molar-refractivity contribution >= 4 is 0 Å². The van der Waals surface area contributed by atoms with Crippen LogP contribution < -0.4 is 5.32 Å². The quantitative estimate of drug-likeness (QED) is 0.871. The standard InChI is InChI=1S/C16H29N3O/c1-5-19-13(4)16(12(3)18-19)11(2)17-10-14-8-6-7-9-15(14)20/h11,14-15,17,20H,5-10H2,1-4H3. The molecule has 1 saturated carbocycles. The lowest BCUT2D eigenvalue weighted by Gasteiger charge is -2.29. The molecule has 0 saturated heterocycles. The molecule has 1 aromatic rings. The summed E-state index contributed by atoms with van der Waals surface area (Å²) in [6, 6.07) is 0.296. The number of aromatic nitrogens is 2. The van der Waals surface area contributed by atoms with Crippen LogP contribution >= 0.6 is 0 Å². The summed E-state index contributed by atoms with van der Waals surface area (Å²) in [6.45, 7) is 10.4. The molecule has 0 aromatic carbocycles. The molecule has 0 aliphatic heterocycles. The molecule has 1 aromatic heterocycles. The van der Waals surface area contributed by atoms with Gasteiger partial charge in [-0.2, -0.15) is 5.10 Å². The number of nitrogens with one attached hydrogen (secondary N) is 1. The highest BCUT2D eigenvalue weighted by atomic mass is 16.3. The van der Waals surface area contributed by atoms with Gasteiger partial charge in [-0.25, -0.2) is 0 Å². The largest absolute Gasteiger partial charge is 0.393 e. The smallest absolute Gasteiger partial charge is 0.0644 e. The van der Waals surface area contributed by atoms with Crippen LogP contribution in [0, 0.1) is 19.8 Å². The summed E-state index contributed by atoms with van der Waals surface area (Å²) in [5, 5.41) is 18.2. The van der Waals surface area contributed by atoms with E-state index < -0.39 is 0 Å². The summed E-state index contributed by atoms with van der Waals surface area (Å²) in [5.74, 6) is 0.410. The number of hydrogen-bond donors (Lipinski definition) is 2. The van der Waals surface area contributed by atoms with Gasteiger partial charge in [0.05, 0.1) is 11.8 Å². The highest BCUT2D eigenvalue weighted by molar-refractivity contribution is 5.27. The minimum Gasteiger partial charge on any atom is -0.393 e. The first-order chi connectivity index (χ1) is 9.54. The molecule has 4 nitrogen and oxygen atoms in total. The Hall–Kier alpha value is -0.870. The lowest BCUT2D eigenvalue weighted by molar-refractivity contribution is 0.0684. The number of aliphatic hydroxyl groups is 1. The summed E-state index contributed by atoms with van der Waals surface area (Å²) in [7, 11) is 0. The fourth-order valence-electron chi connectivity index (χ4n) is 3.50. The predicted octanol–water partition coefficient (Wildman–Crippen LogP) is 2.72. The third-order valence-corrected chi connectivity index (χ3v) is 4.73. The normalized spacial score (nSPS) is 24.9. The molecule has 2 N–H and O–H groups in total. The van der Waals surface area contributed by atoms with Crippen LogP contribution in [-0.2, 0) is 6.54 Å². The summed E-state index contributed by atoms with van der Waals surface area (Å²) >= 11 is 0. The van der Waals surface area contributed by atoms with Gasteiger partial charge in [-0.3, -0.25) is 4.68 Å². The van der Waals surface area contributed by atoms with Crippen molar-refractivity contribution < 1.29 is 5.11 Å². The second kappa shape index (κ2) is 6.72. The molecule has 3 unspecified atom stereocenters. The van der Waals surface area contributed by atoms with Crippen LogP contribution in [-0.4, -0.2) is 27.5 Å². The average molecular weight is 279 g/mol. The molecule has 1 aliphatic rings. The van der Waals surface area contributed by atoms with Crippen LogP contribution in [0.15, 0.2) is 0 Å². The number of hydrogen-bond acceptors (Lipinski definition) is 3. The first-order valence-electron chi connectivity index (χ1n) is 8.00. The minimum atomic E-state index is -0.121. The van der Waals surface area contributed by atoms with Gasteiger partial charge >= 0.3 is 0 Å². The van der Waals surface area contributed by atoms with Crippen molar-refractivity contribution in [1.29, 1.82) is 0 Å². The van der Waals surface area contributed by atoms with Crippen LogP contribution in [0.2, 0.25) is 0 Å². The van der Waals surface area contributed by atoms with Gasteiger partial charge in [0.2, 0.25) is 0 Å². The van der Waals surface area contributed by atoms with E-state index in [0.29, 0.717) is 12.0 Å². The van der Waals surface area contributed by atoms with E-state index in [1.807, 2.05) is 0 Å². The molecule has 1 heterocycles. The highest BCUT2D eigenvalue weighted by Gasteiger charge is 2.24. The van der Waals surface area contributed by atoms with E-state index in [4.69, 9.17) is 0 Å². The van der Waals surface area contributed by atoms with Crippen LogP contribution in [0.1, 0.15) is 62.5 Å². The molecule has 0 radical (unpaired) electrons. The van der Waals surface area contributed by atoms with E-state index >= 15 is 0 Å². The van der Waals surface area contributed by atoms with E-state index in [2.05, 4.69) is 42.8 Å². The molecule has 2 rings (SSSR count). The van der Waals surface area contributed by atoms with Gasteiger partial charge in [0.25, 0.3) is 0 Å². The van der Waals surface area contributed by atoms with Gasteiger partial charge in [-0.15, -0.1) is 0 Å². The van der Waals surface area contributed by atoms with E-state index in [1.54, 1.807) is 0 Å². The molecule has 3 atom stereocenters. The zero-order valence-electron chi connectivity index (χ0n) is 13.3. The molecule has 0 spiro atoms.